The highest BCUT2D eigenvalue weighted by molar-refractivity contribution is 6.24. The van der Waals surface area contributed by atoms with Crippen molar-refractivity contribution in [1.29, 1.82) is 0 Å². The monoisotopic (exact) mass is 385 g/mol. The van der Waals surface area contributed by atoms with Gasteiger partial charge in [-0.05, 0) is 57.7 Å². The fraction of sp³-hybridized carbons (Fsp3) is 0.0870. The Morgan fingerprint density at radius 2 is 1.62 bits per heavy atom. The van der Waals surface area contributed by atoms with Crippen LogP contribution in [0.4, 0.5) is 0 Å². The van der Waals surface area contributed by atoms with Crippen molar-refractivity contribution in [2.24, 2.45) is 5.11 Å². The molecule has 3 rings (SSSR count). The lowest BCUT2D eigenvalue weighted by atomic mass is 10.0. The molecule has 0 atom stereocenters. The molecule has 0 fully saturated rings. The van der Waals surface area contributed by atoms with E-state index in [-0.39, 0.29) is 0 Å². The van der Waals surface area contributed by atoms with E-state index in [2.05, 4.69) is 10.0 Å². The summed E-state index contributed by atoms with van der Waals surface area (Å²) in [5.74, 6) is 0.740. The van der Waals surface area contributed by atoms with Crippen LogP contribution in [-0.4, -0.2) is 13.0 Å². The number of hydrogen-bond donors (Lipinski definition) is 0. The minimum Gasteiger partial charge on any atom is -0.497 e. The molecule has 0 aliphatic carbocycles. The Morgan fingerprint density at radius 3 is 2.24 bits per heavy atom. The van der Waals surface area contributed by atoms with Crippen LogP contribution in [0, 0.1) is 0 Å². The van der Waals surface area contributed by atoms with E-state index in [4.69, 9.17) is 15.0 Å². The van der Waals surface area contributed by atoms with E-state index in [1.165, 1.54) is 0 Å². The molecule has 6 heteroatoms. The van der Waals surface area contributed by atoms with Crippen molar-refractivity contribution in [2.75, 3.05) is 7.11 Å². The van der Waals surface area contributed by atoms with Gasteiger partial charge in [0, 0.05) is 10.5 Å². The van der Waals surface area contributed by atoms with E-state index >= 15 is 0 Å². The molecule has 0 saturated heterocycles. The number of carbonyl (C=O) groups excluding carboxylic acids is 1. The summed E-state index contributed by atoms with van der Waals surface area (Å²) < 4.78 is 10.9. The van der Waals surface area contributed by atoms with E-state index in [1.807, 2.05) is 42.5 Å². The molecule has 3 aromatic rings. The van der Waals surface area contributed by atoms with Crippen LogP contribution in [0.3, 0.4) is 0 Å². The van der Waals surface area contributed by atoms with Gasteiger partial charge in [-0.2, -0.15) is 0 Å². The Hall–Kier alpha value is -4.02. The van der Waals surface area contributed by atoms with Crippen molar-refractivity contribution in [3.05, 3.63) is 106 Å². The molecule has 0 unspecified atom stereocenters. The Bertz CT molecular complexity index is 1040. The number of benzene rings is 3. The summed E-state index contributed by atoms with van der Waals surface area (Å²) in [6.07, 6.45) is 1.68. The minimum absolute atomic E-state index is 0.294. The van der Waals surface area contributed by atoms with Crippen LogP contribution >= 0.6 is 0 Å². The lowest BCUT2D eigenvalue weighted by molar-refractivity contribution is -0.112. The van der Waals surface area contributed by atoms with E-state index in [0.29, 0.717) is 29.2 Å². The summed E-state index contributed by atoms with van der Waals surface area (Å²) in [5, 5.41) is 3.25. The van der Waals surface area contributed by atoms with Gasteiger partial charge in [0.05, 0.1) is 7.11 Å². The SMILES string of the molecule is COc1ccc(C=C(C(=O)N=[N+]=[N-])c2ccc(OCc3ccccc3)cc2)cc1. The molecule has 144 valence electrons. The third-order valence-corrected chi connectivity index (χ3v) is 4.21. The molecule has 0 N–H and O–H groups in total. The lowest BCUT2D eigenvalue weighted by Crippen LogP contribution is -1.99. The zero-order valence-corrected chi connectivity index (χ0v) is 15.9. The number of carbonyl (C=O) groups is 1. The maximum Gasteiger partial charge on any atom is 0.249 e. The molecule has 0 heterocycles. The first-order chi connectivity index (χ1) is 14.2. The lowest BCUT2D eigenvalue weighted by Gasteiger charge is -2.09. The molecule has 0 aliphatic rings. The normalized spacial score (nSPS) is 10.7. The summed E-state index contributed by atoms with van der Waals surface area (Å²) >= 11 is 0. The van der Waals surface area contributed by atoms with Crippen LogP contribution in [0.15, 0.2) is 84.0 Å². The van der Waals surface area contributed by atoms with E-state index in [1.54, 1.807) is 49.6 Å². The highest BCUT2D eigenvalue weighted by Crippen LogP contribution is 2.24. The molecule has 1 amide bonds. The second-order valence-corrected chi connectivity index (χ2v) is 6.12. The summed E-state index contributed by atoms with van der Waals surface area (Å²) in [4.78, 5) is 14.9. The van der Waals surface area contributed by atoms with Crippen molar-refractivity contribution in [2.45, 2.75) is 6.61 Å². The van der Waals surface area contributed by atoms with Gasteiger partial charge in [0.1, 0.15) is 18.1 Å². The average molecular weight is 385 g/mol. The number of azide groups is 1. The molecule has 3 aromatic carbocycles. The predicted octanol–water partition coefficient (Wildman–Crippen LogP) is 5.65. The molecule has 0 aliphatic heterocycles. The van der Waals surface area contributed by atoms with Gasteiger partial charge in [-0.1, -0.05) is 54.6 Å². The molecule has 0 spiro atoms. The Kier molecular flexibility index (Phi) is 6.66. The molecule has 29 heavy (non-hydrogen) atoms. The predicted molar refractivity (Wildman–Crippen MR) is 112 cm³/mol. The third kappa shape index (κ3) is 5.48. The van der Waals surface area contributed by atoms with Gasteiger partial charge in [0.15, 0.2) is 0 Å². The van der Waals surface area contributed by atoms with Crippen molar-refractivity contribution < 1.29 is 14.3 Å². The first kappa shape index (κ1) is 19.7. The summed E-state index contributed by atoms with van der Waals surface area (Å²) in [6, 6.07) is 24.2. The first-order valence-electron chi connectivity index (χ1n) is 8.92. The molecule has 0 radical (unpaired) electrons. The zero-order valence-electron chi connectivity index (χ0n) is 15.9. The summed E-state index contributed by atoms with van der Waals surface area (Å²) in [5.41, 5.74) is 11.4. The van der Waals surface area contributed by atoms with E-state index in [0.717, 1.165) is 11.1 Å². The molecule has 6 nitrogen and oxygen atoms in total. The second kappa shape index (κ2) is 9.78. The highest BCUT2D eigenvalue weighted by Gasteiger charge is 2.11. The van der Waals surface area contributed by atoms with Gasteiger partial charge in [0.2, 0.25) is 5.91 Å². The van der Waals surface area contributed by atoms with Gasteiger partial charge in [-0.3, -0.25) is 4.79 Å². The van der Waals surface area contributed by atoms with Crippen molar-refractivity contribution >= 4 is 17.6 Å². The van der Waals surface area contributed by atoms with Crippen LogP contribution in [0.1, 0.15) is 16.7 Å². The largest absolute Gasteiger partial charge is 0.497 e. The van der Waals surface area contributed by atoms with Crippen LogP contribution in [0.25, 0.3) is 22.1 Å². The molecule has 0 bridgehead atoms. The topological polar surface area (TPSA) is 84.3 Å². The Labute approximate surface area is 168 Å². The third-order valence-electron chi connectivity index (χ3n) is 4.21. The number of methoxy groups -OCH3 is 1. The van der Waals surface area contributed by atoms with Crippen LogP contribution in [-0.2, 0) is 11.4 Å². The van der Waals surface area contributed by atoms with Gasteiger partial charge < -0.3 is 9.47 Å². The fourth-order valence-electron chi connectivity index (χ4n) is 2.70. The van der Waals surface area contributed by atoms with Gasteiger partial charge in [0.25, 0.3) is 0 Å². The summed E-state index contributed by atoms with van der Waals surface area (Å²) in [7, 11) is 1.59. The summed E-state index contributed by atoms with van der Waals surface area (Å²) in [6.45, 7) is 0.451. The fourth-order valence-corrected chi connectivity index (χ4v) is 2.70. The average Bonchev–Trinajstić information content (AvgIpc) is 2.78. The zero-order chi connectivity index (χ0) is 20.5. The molecule has 0 saturated carbocycles. The van der Waals surface area contributed by atoms with Crippen LogP contribution in [0.2, 0.25) is 0 Å². The first-order valence-corrected chi connectivity index (χ1v) is 8.92. The number of hydrogen-bond acceptors (Lipinski definition) is 3. The van der Waals surface area contributed by atoms with Gasteiger partial charge in [-0.25, -0.2) is 0 Å². The van der Waals surface area contributed by atoms with E-state index < -0.39 is 5.91 Å². The number of rotatable bonds is 7. The maximum atomic E-state index is 12.3. The quantitative estimate of drug-likeness (QED) is 0.173. The van der Waals surface area contributed by atoms with Crippen LogP contribution < -0.4 is 9.47 Å². The van der Waals surface area contributed by atoms with Crippen molar-refractivity contribution in [3.63, 3.8) is 0 Å². The smallest absolute Gasteiger partial charge is 0.249 e. The van der Waals surface area contributed by atoms with Crippen molar-refractivity contribution in [1.82, 2.24) is 0 Å². The molecular weight excluding hydrogens is 366 g/mol. The Morgan fingerprint density at radius 1 is 0.966 bits per heavy atom. The Balaban J connectivity index is 1.82. The number of nitrogens with zero attached hydrogens (tertiary/aromatic N) is 3. The standard InChI is InChI=1S/C23H19N3O3/c1-28-20-11-7-17(8-12-20)15-22(23(27)25-26-24)19-9-13-21(14-10-19)29-16-18-5-3-2-4-6-18/h2-15H,16H2,1H3. The number of ether oxygens (including phenoxy) is 2. The minimum atomic E-state index is -0.652. The second-order valence-electron chi connectivity index (χ2n) is 6.12. The maximum absolute atomic E-state index is 12.3. The molecule has 0 aromatic heterocycles. The number of amides is 1. The van der Waals surface area contributed by atoms with Crippen molar-refractivity contribution in [3.8, 4) is 11.5 Å². The van der Waals surface area contributed by atoms with Crippen LogP contribution in [0.5, 0.6) is 11.5 Å². The van der Waals surface area contributed by atoms with Gasteiger partial charge >= 0.3 is 0 Å². The van der Waals surface area contributed by atoms with E-state index in [9.17, 15) is 4.79 Å². The van der Waals surface area contributed by atoms with Gasteiger partial charge in [-0.15, -0.1) is 0 Å². The molecular formula is C23H19N3O3. The highest BCUT2D eigenvalue weighted by atomic mass is 16.5.